The Morgan fingerprint density at radius 1 is 0.278 bits per heavy atom. The number of hydrogen-bond acceptors (Lipinski definition) is 29. The molecule has 0 aliphatic rings. The van der Waals surface area contributed by atoms with Crippen LogP contribution in [0, 0.1) is 0 Å². The van der Waals surface area contributed by atoms with Crippen LogP contribution in [0.2, 0.25) is 13.1 Å². The first-order valence-corrected chi connectivity index (χ1v) is 35.1. The van der Waals surface area contributed by atoms with E-state index in [1.54, 1.807) is 20.8 Å². The van der Waals surface area contributed by atoms with Crippen molar-refractivity contribution in [1.29, 1.82) is 0 Å². The van der Waals surface area contributed by atoms with Crippen molar-refractivity contribution < 1.29 is 136 Å². The number of hydrogen-bond donors (Lipinski definition) is 0. The van der Waals surface area contributed by atoms with Gasteiger partial charge in [0.05, 0.1) is 91.8 Å². The van der Waals surface area contributed by atoms with Gasteiger partial charge in [0.2, 0.25) is 0 Å². The van der Waals surface area contributed by atoms with Gasteiger partial charge in [-0.1, -0.05) is 66.7 Å². The van der Waals surface area contributed by atoms with Gasteiger partial charge in [-0.25, -0.2) is 28.8 Å². The van der Waals surface area contributed by atoms with Crippen molar-refractivity contribution in [2.75, 3.05) is 66.1 Å². The largest absolute Gasteiger partial charge is 0.499 e. The maximum atomic E-state index is 13.3. The summed E-state index contributed by atoms with van der Waals surface area (Å²) in [6.45, 7) is 24.5. The summed E-state index contributed by atoms with van der Waals surface area (Å²) < 4.78 is 87.2. The van der Waals surface area contributed by atoms with Crippen LogP contribution < -0.4 is 0 Å². The number of ether oxygens (including phenoxy) is 10. The quantitative estimate of drug-likeness (QED) is 0.0279. The third kappa shape index (κ3) is 42.8. The van der Waals surface area contributed by atoms with Crippen LogP contribution in [0.1, 0.15) is 186 Å². The standard InChI is InChI=1S/C34H60O14Si.C24H40O14Si.CH2O/c1-8-13-18-41-30(36)24-28(33(39)44-21-16-11-4)47-49(7,46-27(23-26(6)35)32(38)43-20-15-10-3)48-29(34(40)45-22-17-12-5)25-31(37)42-19-14-9-2;1-8-31-20(26)14-18(23(29)34-11-4)37-39(7,36-17(13-16(6)25)22(28)33-10-3)38-19(24(30)35-12-5)15-21(27)32-9-2;1-2/h27-29H,8-25H2,1-7H3;17-19H,8-15H2,1-7H3;1H2. The average Bonchev–Trinajstić information content (AvgIpc) is 2.78. The highest BCUT2D eigenvalue weighted by Gasteiger charge is 2.51. The first-order valence-electron chi connectivity index (χ1n) is 30.7. The molecule has 0 aromatic carbocycles. The van der Waals surface area contributed by atoms with Gasteiger partial charge in [-0.2, -0.15) is 0 Å². The number of carbonyl (C=O) groups is 13. The molecule has 31 heteroatoms. The Morgan fingerprint density at radius 2 is 0.456 bits per heavy atom. The monoisotopic (exact) mass is 1330 g/mol. The van der Waals surface area contributed by atoms with E-state index in [9.17, 15) is 57.5 Å². The van der Waals surface area contributed by atoms with E-state index in [-0.39, 0.29) is 66.1 Å². The molecule has 0 radical (unpaired) electrons. The summed E-state index contributed by atoms with van der Waals surface area (Å²) in [6.07, 6.45) is -6.55. The van der Waals surface area contributed by atoms with Crippen LogP contribution in [0.3, 0.4) is 0 Å². The molecule has 6 atom stereocenters. The van der Waals surface area contributed by atoms with Crippen LogP contribution in [0.4, 0.5) is 0 Å². The van der Waals surface area contributed by atoms with Crippen LogP contribution in [0.25, 0.3) is 0 Å². The smallest absolute Gasteiger partial charge is 0.466 e. The van der Waals surface area contributed by atoms with Gasteiger partial charge < -0.3 is 78.7 Å². The zero-order chi connectivity index (χ0) is 69.1. The highest BCUT2D eigenvalue weighted by molar-refractivity contribution is 6.60. The summed E-state index contributed by atoms with van der Waals surface area (Å²) in [5.41, 5.74) is 0. The van der Waals surface area contributed by atoms with Crippen molar-refractivity contribution in [2.45, 2.75) is 236 Å². The van der Waals surface area contributed by atoms with Gasteiger partial charge in [0.15, 0.2) is 36.6 Å². The topological polar surface area (TPSA) is 370 Å². The lowest BCUT2D eigenvalue weighted by Gasteiger charge is -2.34. The fourth-order valence-electron chi connectivity index (χ4n) is 7.04. The molecule has 0 heterocycles. The molecular formula is C59H102O29Si2. The van der Waals surface area contributed by atoms with Gasteiger partial charge in [0, 0.05) is 25.9 Å². The molecule has 0 rings (SSSR count). The molecule has 0 aromatic rings. The predicted molar refractivity (Wildman–Crippen MR) is 321 cm³/mol. The van der Waals surface area contributed by atoms with E-state index in [4.69, 9.17) is 78.7 Å². The van der Waals surface area contributed by atoms with Crippen molar-refractivity contribution in [3.8, 4) is 0 Å². The molecule has 0 N–H and O–H groups in total. The number of Topliss-reactive ketones (excluding diaryl/α,β-unsaturated/α-hetero) is 2. The summed E-state index contributed by atoms with van der Waals surface area (Å²) in [6, 6.07) is 0. The van der Waals surface area contributed by atoms with Crippen LogP contribution in [-0.4, -0.2) is 198 Å². The summed E-state index contributed by atoms with van der Waals surface area (Å²) in [5, 5.41) is 0. The van der Waals surface area contributed by atoms with E-state index in [1.807, 2.05) is 41.4 Å². The highest BCUT2D eigenvalue weighted by Crippen LogP contribution is 2.26. The van der Waals surface area contributed by atoms with Gasteiger partial charge in [-0.05, 0) is 80.6 Å². The fourth-order valence-corrected chi connectivity index (χ4v) is 11.5. The molecule has 0 aliphatic heterocycles. The van der Waals surface area contributed by atoms with Crippen molar-refractivity contribution in [2.24, 2.45) is 0 Å². The lowest BCUT2D eigenvalue weighted by molar-refractivity contribution is -0.169. The van der Waals surface area contributed by atoms with Crippen LogP contribution in [0.5, 0.6) is 0 Å². The second-order valence-corrected chi connectivity index (χ2v) is 24.4. The first kappa shape index (κ1) is 88.1. The lowest BCUT2D eigenvalue weighted by Crippen LogP contribution is -2.55. The van der Waals surface area contributed by atoms with E-state index < -0.39 is 164 Å². The minimum absolute atomic E-state index is 0.0179. The van der Waals surface area contributed by atoms with Crippen LogP contribution in [-0.2, 0) is 136 Å². The maximum Gasteiger partial charge on any atom is 0.499 e. The Balaban J connectivity index is -0.00000168. The number of ketones is 2. The predicted octanol–water partition coefficient (Wildman–Crippen LogP) is 6.29. The van der Waals surface area contributed by atoms with Crippen molar-refractivity contribution >= 4 is 95.7 Å². The Morgan fingerprint density at radius 3 is 0.644 bits per heavy atom. The zero-order valence-electron chi connectivity index (χ0n) is 55.4. The van der Waals surface area contributed by atoms with E-state index >= 15 is 0 Å². The van der Waals surface area contributed by atoms with Crippen molar-refractivity contribution in [1.82, 2.24) is 0 Å². The molecule has 0 aliphatic carbocycles. The van der Waals surface area contributed by atoms with E-state index in [0.717, 1.165) is 32.1 Å². The Labute approximate surface area is 531 Å². The second-order valence-electron chi connectivity index (χ2n) is 19.6. The minimum atomic E-state index is -4.52. The maximum absolute atomic E-state index is 13.3. The lowest BCUT2D eigenvalue weighted by atomic mass is 10.2. The highest BCUT2D eigenvalue weighted by atomic mass is 28.4. The zero-order valence-corrected chi connectivity index (χ0v) is 57.4. The number of carbonyl (C=O) groups excluding carboxylic acids is 13. The van der Waals surface area contributed by atoms with Crippen LogP contribution in [0.15, 0.2) is 0 Å². The Bertz CT molecular complexity index is 2030. The molecule has 6 unspecified atom stereocenters. The summed E-state index contributed by atoms with van der Waals surface area (Å²) in [5.74, 6) is -9.69. The Hall–Kier alpha value is -6.10. The minimum Gasteiger partial charge on any atom is -0.466 e. The molecule has 0 spiro atoms. The average molecular weight is 1330 g/mol. The van der Waals surface area contributed by atoms with Gasteiger partial charge in [0.25, 0.3) is 0 Å². The first-order chi connectivity index (χ1) is 42.7. The van der Waals surface area contributed by atoms with Gasteiger partial charge in [-0.15, -0.1) is 0 Å². The second kappa shape index (κ2) is 53.6. The van der Waals surface area contributed by atoms with E-state index in [2.05, 4.69) is 0 Å². The molecule has 29 nitrogen and oxygen atoms in total. The molecule has 0 aromatic heterocycles. The summed E-state index contributed by atoms with van der Waals surface area (Å²) in [7, 11) is -8.95. The van der Waals surface area contributed by atoms with E-state index in [1.165, 1.54) is 40.8 Å². The number of esters is 10. The fraction of sp³-hybridized carbons (Fsp3) is 0.780. The normalized spacial score (nSPS) is 14.1. The van der Waals surface area contributed by atoms with Gasteiger partial charge >= 0.3 is 77.3 Å². The molecular weight excluding hydrogens is 1230 g/mol. The van der Waals surface area contributed by atoms with Crippen molar-refractivity contribution in [3.63, 3.8) is 0 Å². The third-order valence-corrected chi connectivity index (χ3v) is 15.6. The van der Waals surface area contributed by atoms with Crippen LogP contribution >= 0.6 is 0 Å². The number of rotatable bonds is 50. The molecule has 0 saturated heterocycles. The summed E-state index contributed by atoms with van der Waals surface area (Å²) in [4.78, 5) is 160. The Kier molecular flexibility index (Phi) is 52.4. The molecule has 0 amide bonds. The molecule has 0 bridgehead atoms. The molecule has 0 saturated carbocycles. The van der Waals surface area contributed by atoms with Gasteiger partial charge in [0.1, 0.15) is 18.4 Å². The van der Waals surface area contributed by atoms with E-state index in [0.29, 0.717) is 32.1 Å². The SMILES string of the molecule is C=O.CCCCOC(=O)CC(O[Si](C)(OC(CC(C)=O)C(=O)OCCCC)OC(CC(=O)OCCCC)C(=O)OCCCC)C(=O)OCCCC.CCOC(=O)CC(O[Si](C)(OC(CC(C)=O)C(=O)OCC)OC(CC(=O)OCC)C(=O)OCC)C(=O)OCC. The number of unbranched alkanes of at least 4 members (excludes halogenated alkanes) is 5. The molecule has 90 heavy (non-hydrogen) atoms. The van der Waals surface area contributed by atoms with Gasteiger partial charge in [-0.3, -0.25) is 28.8 Å². The summed E-state index contributed by atoms with van der Waals surface area (Å²) >= 11 is 0. The van der Waals surface area contributed by atoms with Crippen molar-refractivity contribution in [3.05, 3.63) is 0 Å². The molecule has 0 fully saturated rings. The third-order valence-electron chi connectivity index (χ3n) is 11.3. The molecule has 520 valence electrons.